The van der Waals surface area contributed by atoms with Crippen molar-refractivity contribution >= 4 is 21.8 Å². The first kappa shape index (κ1) is 23.4. The second-order valence-corrected chi connectivity index (χ2v) is 11.3. The van der Waals surface area contributed by atoms with E-state index in [0.29, 0.717) is 39.1 Å². The molecule has 0 saturated carbocycles. The molecular formula is C26H29N5O3S. The molecule has 8 nitrogen and oxygen atoms in total. The standard InChI is InChI=1S/C26H29N5O3S/c32-25(30-14-12-29(13-15-30)24-10-16-35(33,34)20-24)9-8-23-19-31(18-21-5-2-1-3-6-21)28-26(23)22-7-4-11-27-17-22/h1-9,11,17,19,24H,10,12-16,18,20H2/b9-8+. The van der Waals surface area contributed by atoms with E-state index in [1.54, 1.807) is 18.5 Å². The van der Waals surface area contributed by atoms with Crippen LogP contribution in [0.3, 0.4) is 0 Å². The van der Waals surface area contributed by atoms with E-state index in [4.69, 9.17) is 5.10 Å². The second-order valence-electron chi connectivity index (χ2n) is 9.11. The Hall–Kier alpha value is -3.30. The van der Waals surface area contributed by atoms with Crippen molar-refractivity contribution in [2.45, 2.75) is 19.0 Å². The molecule has 2 aromatic heterocycles. The van der Waals surface area contributed by atoms with Gasteiger partial charge in [-0.05, 0) is 30.2 Å². The SMILES string of the molecule is O=C(/C=C/c1cn(Cc2ccccc2)nc1-c1cccnc1)N1CCN(C2CCS(=O)(=O)C2)CC1. The van der Waals surface area contributed by atoms with Crippen LogP contribution in [0.4, 0.5) is 0 Å². The van der Waals surface area contributed by atoms with E-state index >= 15 is 0 Å². The number of aromatic nitrogens is 3. The van der Waals surface area contributed by atoms with Crippen LogP contribution in [-0.4, -0.2) is 82.6 Å². The first-order valence-corrected chi connectivity index (χ1v) is 13.7. The molecule has 4 heterocycles. The highest BCUT2D eigenvalue weighted by atomic mass is 32.2. The number of benzene rings is 1. The summed E-state index contributed by atoms with van der Waals surface area (Å²) in [5.41, 5.74) is 3.68. The Morgan fingerprint density at radius 3 is 2.54 bits per heavy atom. The number of amides is 1. The van der Waals surface area contributed by atoms with Crippen molar-refractivity contribution in [3.63, 3.8) is 0 Å². The molecule has 5 rings (SSSR count). The number of nitrogens with zero attached hydrogens (tertiary/aromatic N) is 5. The molecule has 1 unspecified atom stereocenters. The first-order valence-electron chi connectivity index (χ1n) is 11.9. The van der Waals surface area contributed by atoms with Crippen molar-refractivity contribution in [2.75, 3.05) is 37.7 Å². The molecule has 9 heteroatoms. The highest BCUT2D eigenvalue weighted by molar-refractivity contribution is 7.91. The Morgan fingerprint density at radius 2 is 1.86 bits per heavy atom. The third-order valence-electron chi connectivity index (χ3n) is 6.67. The molecule has 182 valence electrons. The number of pyridine rings is 1. The first-order chi connectivity index (χ1) is 17.0. The van der Waals surface area contributed by atoms with E-state index in [9.17, 15) is 13.2 Å². The molecule has 35 heavy (non-hydrogen) atoms. The van der Waals surface area contributed by atoms with Gasteiger partial charge in [-0.15, -0.1) is 0 Å². The minimum atomic E-state index is -2.90. The largest absolute Gasteiger partial charge is 0.337 e. The minimum absolute atomic E-state index is 0.0448. The summed E-state index contributed by atoms with van der Waals surface area (Å²) in [6.07, 6.45) is 9.59. The Kier molecular flexibility index (Phi) is 6.79. The van der Waals surface area contributed by atoms with Crippen molar-refractivity contribution in [3.8, 4) is 11.3 Å². The quantitative estimate of drug-likeness (QED) is 0.492. The van der Waals surface area contributed by atoms with E-state index < -0.39 is 9.84 Å². The maximum Gasteiger partial charge on any atom is 0.246 e. The van der Waals surface area contributed by atoms with E-state index in [1.165, 1.54) is 0 Å². The van der Waals surface area contributed by atoms with Crippen LogP contribution in [0.25, 0.3) is 17.3 Å². The molecule has 0 aliphatic carbocycles. The number of hydrogen-bond donors (Lipinski definition) is 0. The second kappa shape index (κ2) is 10.1. The van der Waals surface area contributed by atoms with E-state index in [1.807, 2.05) is 52.2 Å². The Bertz CT molecular complexity index is 1300. The minimum Gasteiger partial charge on any atom is -0.337 e. The Morgan fingerprint density at radius 1 is 1.06 bits per heavy atom. The predicted molar refractivity (Wildman–Crippen MR) is 135 cm³/mol. The van der Waals surface area contributed by atoms with Crippen LogP contribution in [0.1, 0.15) is 17.5 Å². The van der Waals surface area contributed by atoms with Gasteiger partial charge in [-0.1, -0.05) is 30.3 Å². The number of hydrogen-bond acceptors (Lipinski definition) is 6. The summed E-state index contributed by atoms with van der Waals surface area (Å²) in [5.74, 6) is 0.471. The maximum absolute atomic E-state index is 12.9. The molecule has 0 spiro atoms. The monoisotopic (exact) mass is 491 g/mol. The number of sulfone groups is 1. The highest BCUT2D eigenvalue weighted by Gasteiger charge is 2.34. The lowest BCUT2D eigenvalue weighted by Gasteiger charge is -2.37. The van der Waals surface area contributed by atoms with Gasteiger partial charge >= 0.3 is 0 Å². The summed E-state index contributed by atoms with van der Waals surface area (Å²) in [6, 6.07) is 14.0. The lowest BCUT2D eigenvalue weighted by atomic mass is 10.1. The van der Waals surface area contributed by atoms with Gasteiger partial charge in [-0.25, -0.2) is 8.42 Å². The normalized spacial score (nSPS) is 20.5. The topological polar surface area (TPSA) is 88.4 Å². The number of carbonyl (C=O) groups is 1. The number of carbonyl (C=O) groups excluding carboxylic acids is 1. The fourth-order valence-corrected chi connectivity index (χ4v) is 6.54. The van der Waals surface area contributed by atoms with Gasteiger partial charge in [0.15, 0.2) is 9.84 Å². The van der Waals surface area contributed by atoms with Crippen LogP contribution >= 0.6 is 0 Å². The van der Waals surface area contributed by atoms with E-state index in [0.717, 1.165) is 22.4 Å². The van der Waals surface area contributed by atoms with Gasteiger partial charge < -0.3 is 4.90 Å². The van der Waals surface area contributed by atoms with Crippen molar-refractivity contribution < 1.29 is 13.2 Å². The van der Waals surface area contributed by atoms with Crippen molar-refractivity contribution in [1.82, 2.24) is 24.6 Å². The Balaban J connectivity index is 1.27. The Labute approximate surface area is 205 Å². The predicted octanol–water partition coefficient (Wildman–Crippen LogP) is 2.34. The van der Waals surface area contributed by atoms with Gasteiger partial charge in [0.25, 0.3) is 0 Å². The maximum atomic E-state index is 12.9. The molecule has 2 aliphatic rings. The summed E-state index contributed by atoms with van der Waals surface area (Å²) in [6.45, 7) is 3.24. The summed E-state index contributed by atoms with van der Waals surface area (Å²) in [7, 11) is -2.90. The van der Waals surface area contributed by atoms with Gasteiger partial charge in [-0.2, -0.15) is 5.10 Å². The van der Waals surface area contributed by atoms with Crippen molar-refractivity contribution in [3.05, 3.63) is 78.3 Å². The molecule has 0 radical (unpaired) electrons. The van der Waals surface area contributed by atoms with E-state index in [-0.39, 0.29) is 23.5 Å². The highest BCUT2D eigenvalue weighted by Crippen LogP contribution is 2.23. The van der Waals surface area contributed by atoms with Crippen molar-refractivity contribution in [1.29, 1.82) is 0 Å². The smallest absolute Gasteiger partial charge is 0.246 e. The van der Waals surface area contributed by atoms with Crippen LogP contribution < -0.4 is 0 Å². The van der Waals surface area contributed by atoms with Gasteiger partial charge in [0.2, 0.25) is 5.91 Å². The zero-order valence-electron chi connectivity index (χ0n) is 19.5. The molecule has 1 amide bonds. The zero-order chi connectivity index (χ0) is 24.3. The molecule has 3 aromatic rings. The number of rotatable bonds is 6. The third kappa shape index (κ3) is 5.68. The van der Waals surface area contributed by atoms with Gasteiger partial charge in [0.05, 0.1) is 18.1 Å². The summed E-state index contributed by atoms with van der Waals surface area (Å²) < 4.78 is 25.5. The van der Waals surface area contributed by atoms with Crippen molar-refractivity contribution in [2.24, 2.45) is 0 Å². The summed E-state index contributed by atoms with van der Waals surface area (Å²) in [5, 5.41) is 4.78. The third-order valence-corrected chi connectivity index (χ3v) is 8.42. The molecule has 1 atom stereocenters. The van der Waals surface area contributed by atoms with E-state index in [2.05, 4.69) is 22.0 Å². The number of piperazine rings is 1. The van der Waals surface area contributed by atoms with Crippen LogP contribution in [0.15, 0.2) is 67.1 Å². The fraction of sp³-hybridized carbons (Fsp3) is 0.346. The average Bonchev–Trinajstić information content (AvgIpc) is 3.46. The lowest BCUT2D eigenvalue weighted by molar-refractivity contribution is -0.127. The van der Waals surface area contributed by atoms with Crippen LogP contribution in [0.5, 0.6) is 0 Å². The zero-order valence-corrected chi connectivity index (χ0v) is 20.3. The molecule has 0 bridgehead atoms. The van der Waals surface area contributed by atoms with Gasteiger partial charge in [0, 0.05) is 68.0 Å². The summed E-state index contributed by atoms with van der Waals surface area (Å²) in [4.78, 5) is 21.2. The molecule has 2 saturated heterocycles. The molecule has 2 fully saturated rings. The molecular weight excluding hydrogens is 462 g/mol. The molecule has 1 aromatic carbocycles. The average molecular weight is 492 g/mol. The summed E-state index contributed by atoms with van der Waals surface area (Å²) >= 11 is 0. The molecule has 0 N–H and O–H groups in total. The van der Waals surface area contributed by atoms with Gasteiger partial charge in [0.1, 0.15) is 5.69 Å². The molecule has 2 aliphatic heterocycles. The fourth-order valence-electron chi connectivity index (χ4n) is 4.77. The van der Waals surface area contributed by atoms with Gasteiger partial charge in [-0.3, -0.25) is 19.4 Å². The van der Waals surface area contributed by atoms with Crippen LogP contribution in [0, 0.1) is 0 Å². The van der Waals surface area contributed by atoms with Crippen LogP contribution in [-0.2, 0) is 21.2 Å². The van der Waals surface area contributed by atoms with Crippen LogP contribution in [0.2, 0.25) is 0 Å². The lowest BCUT2D eigenvalue weighted by Crippen LogP contribution is -2.52.